The third kappa shape index (κ3) is 4.25. The molecule has 4 N–H and O–H groups in total. The first-order chi connectivity index (χ1) is 6.83. The fraction of sp³-hybridized carbons (Fsp3) is 0.455. The Hall–Kier alpha value is -1.06. The van der Waals surface area contributed by atoms with Crippen LogP contribution in [0.25, 0.3) is 0 Å². The number of phenolic OH excluding ortho intramolecular Hbond substituents is 1. The van der Waals surface area contributed by atoms with Crippen LogP contribution in [0.3, 0.4) is 0 Å². The van der Waals surface area contributed by atoms with E-state index in [2.05, 4.69) is 5.32 Å². The molecule has 1 aromatic carbocycles. The summed E-state index contributed by atoms with van der Waals surface area (Å²) in [6.45, 7) is 2.54. The molecule has 0 spiro atoms. The van der Waals surface area contributed by atoms with Gasteiger partial charge in [-0.05, 0) is 43.6 Å². The Balaban J connectivity index is 2.18. The zero-order valence-electron chi connectivity index (χ0n) is 8.37. The van der Waals surface area contributed by atoms with Gasteiger partial charge in [-0.1, -0.05) is 12.1 Å². The third-order valence-electron chi connectivity index (χ3n) is 2.05. The molecule has 3 heteroatoms. The van der Waals surface area contributed by atoms with E-state index in [0.717, 1.165) is 38.0 Å². The summed E-state index contributed by atoms with van der Waals surface area (Å²) >= 11 is 0. The van der Waals surface area contributed by atoms with Crippen molar-refractivity contribution in [1.82, 2.24) is 5.32 Å². The van der Waals surface area contributed by atoms with E-state index in [4.69, 9.17) is 5.73 Å². The molecule has 0 aliphatic carbocycles. The first-order valence-electron chi connectivity index (χ1n) is 5.01. The number of hydrogen-bond acceptors (Lipinski definition) is 3. The van der Waals surface area contributed by atoms with Crippen LogP contribution in [0.4, 0.5) is 0 Å². The minimum absolute atomic E-state index is 0.325. The molecule has 14 heavy (non-hydrogen) atoms. The van der Waals surface area contributed by atoms with E-state index in [1.54, 1.807) is 12.1 Å². The maximum atomic E-state index is 9.21. The molecular formula is C11H18N2O. The van der Waals surface area contributed by atoms with E-state index in [9.17, 15) is 5.11 Å². The molecule has 1 aromatic rings. The van der Waals surface area contributed by atoms with Gasteiger partial charge in [0.25, 0.3) is 0 Å². The Morgan fingerprint density at radius 2 is 2.14 bits per heavy atom. The van der Waals surface area contributed by atoms with Crippen molar-refractivity contribution in [2.45, 2.75) is 19.4 Å². The second kappa shape index (κ2) is 6.40. The molecule has 0 fully saturated rings. The highest BCUT2D eigenvalue weighted by Gasteiger charge is 1.93. The van der Waals surface area contributed by atoms with Crippen LogP contribution in [0.1, 0.15) is 18.4 Å². The van der Waals surface area contributed by atoms with Crippen LogP contribution in [-0.4, -0.2) is 18.2 Å². The van der Waals surface area contributed by atoms with Crippen LogP contribution in [0.15, 0.2) is 24.3 Å². The fourth-order valence-corrected chi connectivity index (χ4v) is 1.29. The first kappa shape index (κ1) is 11.0. The minimum atomic E-state index is 0.325. The third-order valence-corrected chi connectivity index (χ3v) is 2.05. The molecule has 0 aliphatic rings. The topological polar surface area (TPSA) is 58.3 Å². The van der Waals surface area contributed by atoms with Crippen LogP contribution in [-0.2, 0) is 6.54 Å². The van der Waals surface area contributed by atoms with E-state index in [-0.39, 0.29) is 0 Å². The SMILES string of the molecule is NCCCCNCc1cccc(O)c1. The van der Waals surface area contributed by atoms with Crippen molar-refractivity contribution in [3.8, 4) is 5.75 Å². The van der Waals surface area contributed by atoms with Crippen molar-refractivity contribution in [1.29, 1.82) is 0 Å². The molecule has 0 aromatic heterocycles. The van der Waals surface area contributed by atoms with Gasteiger partial charge in [0.15, 0.2) is 0 Å². The van der Waals surface area contributed by atoms with Crippen molar-refractivity contribution in [2.24, 2.45) is 5.73 Å². The molecule has 3 nitrogen and oxygen atoms in total. The van der Waals surface area contributed by atoms with Crippen LogP contribution >= 0.6 is 0 Å². The van der Waals surface area contributed by atoms with Crippen molar-refractivity contribution in [2.75, 3.05) is 13.1 Å². The van der Waals surface area contributed by atoms with Crippen molar-refractivity contribution >= 4 is 0 Å². The van der Waals surface area contributed by atoms with Gasteiger partial charge >= 0.3 is 0 Å². The number of hydrogen-bond donors (Lipinski definition) is 3. The van der Waals surface area contributed by atoms with Gasteiger partial charge < -0.3 is 16.2 Å². The summed E-state index contributed by atoms with van der Waals surface area (Å²) in [5.41, 5.74) is 6.49. The zero-order chi connectivity index (χ0) is 10.2. The Kier molecular flexibility index (Phi) is 5.04. The fourth-order valence-electron chi connectivity index (χ4n) is 1.29. The van der Waals surface area contributed by atoms with Crippen LogP contribution < -0.4 is 11.1 Å². The number of phenols is 1. The van der Waals surface area contributed by atoms with E-state index in [0.29, 0.717) is 5.75 Å². The second-order valence-corrected chi connectivity index (χ2v) is 3.34. The molecule has 0 saturated heterocycles. The predicted molar refractivity (Wildman–Crippen MR) is 58.1 cm³/mol. The molecule has 1 rings (SSSR count). The van der Waals surface area contributed by atoms with Gasteiger partial charge in [0.1, 0.15) is 5.75 Å². The normalized spacial score (nSPS) is 10.4. The highest BCUT2D eigenvalue weighted by atomic mass is 16.3. The van der Waals surface area contributed by atoms with Gasteiger partial charge in [-0.3, -0.25) is 0 Å². The van der Waals surface area contributed by atoms with Gasteiger partial charge in [-0.2, -0.15) is 0 Å². The summed E-state index contributed by atoms with van der Waals surface area (Å²) in [7, 11) is 0. The van der Waals surface area contributed by atoms with Gasteiger partial charge in [-0.15, -0.1) is 0 Å². The average molecular weight is 194 g/mol. The molecule has 0 unspecified atom stereocenters. The van der Waals surface area contributed by atoms with E-state index < -0.39 is 0 Å². The summed E-state index contributed by atoms with van der Waals surface area (Å²) in [6, 6.07) is 7.30. The largest absolute Gasteiger partial charge is 0.508 e. The molecular weight excluding hydrogens is 176 g/mol. The molecule has 0 bridgehead atoms. The van der Waals surface area contributed by atoms with Crippen molar-refractivity contribution in [3.63, 3.8) is 0 Å². The van der Waals surface area contributed by atoms with Gasteiger partial charge in [0, 0.05) is 6.54 Å². The van der Waals surface area contributed by atoms with Crippen LogP contribution in [0.2, 0.25) is 0 Å². The second-order valence-electron chi connectivity index (χ2n) is 3.34. The summed E-state index contributed by atoms with van der Waals surface area (Å²) in [5, 5.41) is 12.5. The zero-order valence-corrected chi connectivity index (χ0v) is 8.37. The Bertz CT molecular complexity index is 263. The summed E-state index contributed by atoms with van der Waals surface area (Å²) in [5.74, 6) is 0.325. The van der Waals surface area contributed by atoms with E-state index in [1.807, 2.05) is 12.1 Å². The summed E-state index contributed by atoms with van der Waals surface area (Å²) in [6.07, 6.45) is 2.17. The number of nitrogens with two attached hydrogens (primary N) is 1. The predicted octanol–water partition coefficient (Wildman–Crippen LogP) is 1.22. The molecule has 0 heterocycles. The van der Waals surface area contributed by atoms with Crippen LogP contribution in [0, 0.1) is 0 Å². The Morgan fingerprint density at radius 1 is 1.29 bits per heavy atom. The lowest BCUT2D eigenvalue weighted by molar-refractivity contribution is 0.474. The molecule has 0 atom stereocenters. The lowest BCUT2D eigenvalue weighted by Crippen LogP contribution is -2.15. The standard InChI is InChI=1S/C11H18N2O/c12-6-1-2-7-13-9-10-4-3-5-11(14)8-10/h3-5,8,13-14H,1-2,6-7,9,12H2. The first-order valence-corrected chi connectivity index (χ1v) is 5.01. The molecule has 78 valence electrons. The van der Waals surface area contributed by atoms with E-state index in [1.165, 1.54) is 0 Å². The van der Waals surface area contributed by atoms with Gasteiger partial charge in [0.05, 0.1) is 0 Å². The lowest BCUT2D eigenvalue weighted by Gasteiger charge is -2.04. The lowest BCUT2D eigenvalue weighted by atomic mass is 10.2. The number of benzene rings is 1. The Morgan fingerprint density at radius 3 is 2.86 bits per heavy atom. The number of nitrogens with one attached hydrogen (secondary N) is 1. The smallest absolute Gasteiger partial charge is 0.115 e. The molecule has 0 radical (unpaired) electrons. The highest BCUT2D eigenvalue weighted by Crippen LogP contribution is 2.10. The minimum Gasteiger partial charge on any atom is -0.508 e. The maximum absolute atomic E-state index is 9.21. The van der Waals surface area contributed by atoms with Crippen molar-refractivity contribution < 1.29 is 5.11 Å². The summed E-state index contributed by atoms with van der Waals surface area (Å²) < 4.78 is 0. The summed E-state index contributed by atoms with van der Waals surface area (Å²) in [4.78, 5) is 0. The van der Waals surface area contributed by atoms with Gasteiger partial charge in [0.2, 0.25) is 0 Å². The quantitative estimate of drug-likeness (QED) is 0.597. The van der Waals surface area contributed by atoms with E-state index >= 15 is 0 Å². The average Bonchev–Trinajstić information content (AvgIpc) is 2.18. The molecule has 0 saturated carbocycles. The molecule has 0 amide bonds. The number of rotatable bonds is 6. The maximum Gasteiger partial charge on any atom is 0.115 e. The highest BCUT2D eigenvalue weighted by molar-refractivity contribution is 5.26. The number of unbranched alkanes of at least 4 members (excludes halogenated alkanes) is 1. The molecule has 0 aliphatic heterocycles. The van der Waals surface area contributed by atoms with Gasteiger partial charge in [-0.25, -0.2) is 0 Å². The van der Waals surface area contributed by atoms with Crippen LogP contribution in [0.5, 0.6) is 5.75 Å². The van der Waals surface area contributed by atoms with Crippen molar-refractivity contribution in [3.05, 3.63) is 29.8 Å². The number of aromatic hydroxyl groups is 1. The Labute approximate surface area is 84.9 Å². The monoisotopic (exact) mass is 194 g/mol.